The summed E-state index contributed by atoms with van der Waals surface area (Å²) in [4.78, 5) is 4.65. The molecule has 0 saturated heterocycles. The first kappa shape index (κ1) is 12.6. The van der Waals surface area contributed by atoms with Crippen LogP contribution in [0.15, 0.2) is 53.0 Å². The molecule has 0 bridgehead atoms. The van der Waals surface area contributed by atoms with Crippen LogP contribution in [0.4, 0.5) is 5.69 Å². The topological polar surface area (TPSA) is 24.9 Å². The van der Waals surface area contributed by atoms with Crippen LogP contribution >= 0.6 is 27.3 Å². The molecule has 0 spiro atoms. The molecule has 4 heteroatoms. The molecule has 96 valence electrons. The van der Waals surface area contributed by atoms with Gasteiger partial charge in [0.2, 0.25) is 0 Å². The summed E-state index contributed by atoms with van der Waals surface area (Å²) < 4.78 is 2.33. The average Bonchev–Trinajstić information content (AvgIpc) is 2.82. The second-order valence-electron chi connectivity index (χ2n) is 4.26. The molecule has 0 saturated carbocycles. The zero-order valence-corrected chi connectivity index (χ0v) is 12.7. The van der Waals surface area contributed by atoms with E-state index in [4.69, 9.17) is 0 Å². The number of aromatic nitrogens is 1. The Labute approximate surface area is 124 Å². The highest BCUT2D eigenvalue weighted by atomic mass is 79.9. The van der Waals surface area contributed by atoms with Crippen LogP contribution in [0.5, 0.6) is 0 Å². The zero-order chi connectivity index (χ0) is 13.1. The fourth-order valence-electron chi connectivity index (χ4n) is 1.93. The van der Waals surface area contributed by atoms with Gasteiger partial charge in [0.25, 0.3) is 0 Å². The molecular weight excluding hydrogens is 320 g/mol. The van der Waals surface area contributed by atoms with Crippen LogP contribution < -0.4 is 5.32 Å². The molecule has 1 N–H and O–H groups in total. The Hall–Kier alpha value is -1.39. The number of para-hydroxylation sites is 1. The van der Waals surface area contributed by atoms with Gasteiger partial charge in [-0.1, -0.05) is 34.1 Å². The number of thiazole rings is 1. The van der Waals surface area contributed by atoms with Gasteiger partial charge in [-0.25, -0.2) is 4.98 Å². The van der Waals surface area contributed by atoms with E-state index in [1.165, 1.54) is 9.71 Å². The van der Waals surface area contributed by atoms with Gasteiger partial charge in [0.15, 0.2) is 0 Å². The van der Waals surface area contributed by atoms with Crippen LogP contribution in [0.2, 0.25) is 0 Å². The van der Waals surface area contributed by atoms with Crippen molar-refractivity contribution in [2.24, 2.45) is 0 Å². The van der Waals surface area contributed by atoms with Gasteiger partial charge in [-0.15, -0.1) is 11.3 Å². The van der Waals surface area contributed by atoms with Gasteiger partial charge in [0, 0.05) is 23.1 Å². The third-order valence-electron chi connectivity index (χ3n) is 2.84. The second-order valence-corrected chi connectivity index (χ2v) is 6.29. The number of benzene rings is 2. The fourth-order valence-corrected chi connectivity index (χ4v) is 3.22. The van der Waals surface area contributed by atoms with Gasteiger partial charge in [-0.3, -0.25) is 0 Å². The van der Waals surface area contributed by atoms with E-state index in [-0.39, 0.29) is 0 Å². The minimum absolute atomic E-state index is 0.908. The number of halogens is 1. The van der Waals surface area contributed by atoms with E-state index in [9.17, 15) is 0 Å². The summed E-state index contributed by atoms with van der Waals surface area (Å²) in [7, 11) is 0. The molecule has 0 radical (unpaired) electrons. The first-order valence-corrected chi connectivity index (χ1v) is 7.76. The Balaban J connectivity index is 1.65. The maximum absolute atomic E-state index is 4.65. The van der Waals surface area contributed by atoms with Crippen molar-refractivity contribution in [1.82, 2.24) is 4.98 Å². The molecule has 0 aliphatic heterocycles. The van der Waals surface area contributed by atoms with E-state index in [1.807, 2.05) is 18.2 Å². The number of hydrogen-bond acceptors (Lipinski definition) is 3. The largest absolute Gasteiger partial charge is 0.385 e. The van der Waals surface area contributed by atoms with Gasteiger partial charge < -0.3 is 5.32 Å². The summed E-state index contributed by atoms with van der Waals surface area (Å²) in [5.41, 5.74) is 2.24. The van der Waals surface area contributed by atoms with Crippen LogP contribution in [0.1, 0.15) is 5.01 Å². The SMILES string of the molecule is Brc1ccc2sc(CCNc3ccccc3)nc2c1. The molecule has 1 aromatic heterocycles. The van der Waals surface area contributed by atoms with E-state index in [0.717, 1.165) is 28.6 Å². The van der Waals surface area contributed by atoms with Crippen molar-refractivity contribution < 1.29 is 0 Å². The normalized spacial score (nSPS) is 10.8. The van der Waals surface area contributed by atoms with Crippen molar-refractivity contribution in [2.45, 2.75) is 6.42 Å². The van der Waals surface area contributed by atoms with Crippen LogP contribution in [0, 0.1) is 0 Å². The molecule has 0 aliphatic rings. The Bertz CT molecular complexity index is 679. The van der Waals surface area contributed by atoms with Gasteiger partial charge in [0.05, 0.1) is 15.2 Å². The van der Waals surface area contributed by atoms with E-state index in [0.29, 0.717) is 0 Å². The minimum atomic E-state index is 0.908. The van der Waals surface area contributed by atoms with Gasteiger partial charge in [0.1, 0.15) is 0 Å². The first-order chi connectivity index (χ1) is 9.31. The van der Waals surface area contributed by atoms with Gasteiger partial charge >= 0.3 is 0 Å². The number of hydrogen-bond donors (Lipinski definition) is 1. The van der Waals surface area contributed by atoms with Crippen molar-refractivity contribution in [1.29, 1.82) is 0 Å². The average molecular weight is 333 g/mol. The molecule has 0 aliphatic carbocycles. The number of nitrogens with one attached hydrogen (secondary N) is 1. The number of fused-ring (bicyclic) bond motifs is 1. The lowest BCUT2D eigenvalue weighted by Gasteiger charge is -2.03. The predicted octanol–water partition coefficient (Wildman–Crippen LogP) is 4.71. The fraction of sp³-hybridized carbons (Fsp3) is 0.133. The summed E-state index contributed by atoms with van der Waals surface area (Å²) >= 11 is 5.25. The molecule has 0 atom stereocenters. The van der Waals surface area contributed by atoms with Gasteiger partial charge in [-0.2, -0.15) is 0 Å². The summed E-state index contributed by atoms with van der Waals surface area (Å²) in [6.45, 7) is 0.908. The molecule has 1 heterocycles. The Morgan fingerprint density at radius 1 is 1.11 bits per heavy atom. The molecule has 3 aromatic rings. The standard InChI is InChI=1S/C15H13BrN2S/c16-11-6-7-14-13(10-11)18-15(19-14)8-9-17-12-4-2-1-3-5-12/h1-7,10,17H,8-9H2. The maximum atomic E-state index is 4.65. The van der Waals surface area contributed by atoms with Crippen molar-refractivity contribution in [3.8, 4) is 0 Å². The van der Waals surface area contributed by atoms with Crippen molar-refractivity contribution in [3.63, 3.8) is 0 Å². The Kier molecular flexibility index (Phi) is 3.80. The van der Waals surface area contributed by atoms with E-state index >= 15 is 0 Å². The number of nitrogens with zero attached hydrogens (tertiary/aromatic N) is 1. The number of anilines is 1. The molecule has 19 heavy (non-hydrogen) atoms. The van der Waals surface area contributed by atoms with E-state index in [2.05, 4.69) is 56.6 Å². The molecule has 2 nitrogen and oxygen atoms in total. The Morgan fingerprint density at radius 3 is 2.79 bits per heavy atom. The summed E-state index contributed by atoms with van der Waals surface area (Å²) in [5.74, 6) is 0. The highest BCUT2D eigenvalue weighted by molar-refractivity contribution is 9.10. The van der Waals surface area contributed by atoms with E-state index < -0.39 is 0 Å². The summed E-state index contributed by atoms with van der Waals surface area (Å²) in [5, 5.41) is 4.58. The van der Waals surface area contributed by atoms with Crippen LogP contribution in [0.25, 0.3) is 10.2 Å². The minimum Gasteiger partial charge on any atom is -0.385 e. The van der Waals surface area contributed by atoms with Crippen LogP contribution in [-0.2, 0) is 6.42 Å². The highest BCUT2D eigenvalue weighted by Crippen LogP contribution is 2.25. The summed E-state index contributed by atoms with van der Waals surface area (Å²) in [6, 6.07) is 16.5. The Morgan fingerprint density at radius 2 is 1.95 bits per heavy atom. The zero-order valence-electron chi connectivity index (χ0n) is 10.3. The quantitative estimate of drug-likeness (QED) is 0.748. The lowest BCUT2D eigenvalue weighted by molar-refractivity contribution is 1.00. The number of rotatable bonds is 4. The van der Waals surface area contributed by atoms with Gasteiger partial charge in [-0.05, 0) is 30.3 Å². The lowest BCUT2D eigenvalue weighted by Crippen LogP contribution is -2.04. The van der Waals surface area contributed by atoms with Crippen molar-refractivity contribution in [3.05, 3.63) is 58.0 Å². The van der Waals surface area contributed by atoms with Crippen LogP contribution in [0.3, 0.4) is 0 Å². The molecule has 2 aromatic carbocycles. The molecule has 0 fully saturated rings. The maximum Gasteiger partial charge on any atom is 0.0956 e. The third kappa shape index (κ3) is 3.14. The smallest absolute Gasteiger partial charge is 0.0956 e. The molecule has 3 rings (SSSR count). The van der Waals surface area contributed by atoms with Crippen molar-refractivity contribution in [2.75, 3.05) is 11.9 Å². The highest BCUT2D eigenvalue weighted by Gasteiger charge is 2.03. The third-order valence-corrected chi connectivity index (χ3v) is 4.43. The summed E-state index contributed by atoms with van der Waals surface area (Å²) in [6.07, 6.45) is 0.950. The predicted molar refractivity (Wildman–Crippen MR) is 86.0 cm³/mol. The monoisotopic (exact) mass is 332 g/mol. The second kappa shape index (κ2) is 5.72. The van der Waals surface area contributed by atoms with E-state index in [1.54, 1.807) is 11.3 Å². The molecule has 0 amide bonds. The first-order valence-electron chi connectivity index (χ1n) is 6.15. The van der Waals surface area contributed by atoms with Crippen molar-refractivity contribution >= 4 is 43.2 Å². The molecular formula is C15H13BrN2S. The molecule has 0 unspecified atom stereocenters. The van der Waals surface area contributed by atoms with Crippen LogP contribution in [-0.4, -0.2) is 11.5 Å². The lowest BCUT2D eigenvalue weighted by atomic mass is 10.3.